The molecule has 2 N–H and O–H groups in total. The summed E-state index contributed by atoms with van der Waals surface area (Å²) >= 11 is 8.68. The molecule has 0 radical (unpaired) electrons. The molecule has 0 atom stereocenters. The number of aryl methyl sites for hydroxylation is 1. The summed E-state index contributed by atoms with van der Waals surface area (Å²) in [6.45, 7) is 0. The third kappa shape index (κ3) is 4.60. The number of nitrogens with one attached hydrogen (secondary N) is 2. The van der Waals surface area contributed by atoms with Crippen LogP contribution in [0.25, 0.3) is 5.69 Å². The minimum atomic E-state index is -0.349. The van der Waals surface area contributed by atoms with Gasteiger partial charge < -0.3 is 0 Å². The molecule has 1 aliphatic rings. The molecule has 11 heteroatoms. The molecule has 2 heterocycles. The topological polar surface area (TPSA) is 102 Å². The number of hydrogen-bond acceptors (Lipinski definition) is 7. The molecule has 29 heavy (non-hydrogen) atoms. The maximum atomic E-state index is 12.4. The van der Waals surface area contributed by atoms with Gasteiger partial charge in [-0.1, -0.05) is 23.4 Å². The van der Waals surface area contributed by atoms with Gasteiger partial charge in [-0.05, 0) is 65.9 Å². The smallest absolute Gasteiger partial charge is 0.270 e. The molecule has 3 aromatic rings. The lowest BCUT2D eigenvalue weighted by atomic mass is 9.96. The highest BCUT2D eigenvalue weighted by Crippen LogP contribution is 2.30. The molecular formula is C18H17ClN6O2S2. The Morgan fingerprint density at radius 1 is 1.17 bits per heavy atom. The van der Waals surface area contributed by atoms with Crippen molar-refractivity contribution < 1.29 is 9.59 Å². The van der Waals surface area contributed by atoms with E-state index in [0.29, 0.717) is 15.7 Å². The van der Waals surface area contributed by atoms with Crippen molar-refractivity contribution in [3.8, 4) is 5.69 Å². The first kappa shape index (κ1) is 19.9. The van der Waals surface area contributed by atoms with Crippen LogP contribution in [-0.2, 0) is 17.6 Å². The van der Waals surface area contributed by atoms with Gasteiger partial charge in [0.25, 0.3) is 5.91 Å². The molecule has 1 aliphatic carbocycles. The summed E-state index contributed by atoms with van der Waals surface area (Å²) < 4.78 is 1.52. The molecule has 0 saturated carbocycles. The van der Waals surface area contributed by atoms with Gasteiger partial charge in [0.2, 0.25) is 11.1 Å². The number of hydrazine groups is 1. The lowest BCUT2D eigenvalue weighted by Crippen LogP contribution is -2.42. The highest BCUT2D eigenvalue weighted by atomic mass is 35.5. The number of tetrazole rings is 1. The van der Waals surface area contributed by atoms with Gasteiger partial charge in [-0.25, -0.2) is 0 Å². The number of thiophene rings is 1. The van der Waals surface area contributed by atoms with Crippen LogP contribution in [0.2, 0.25) is 5.02 Å². The number of carbonyl (C=O) groups is 2. The van der Waals surface area contributed by atoms with E-state index in [-0.39, 0.29) is 17.6 Å². The number of nitrogens with zero attached hydrogens (tertiary/aromatic N) is 4. The largest absolute Gasteiger partial charge is 0.272 e. The number of amides is 2. The lowest BCUT2D eigenvalue weighted by molar-refractivity contribution is -0.119. The summed E-state index contributed by atoms with van der Waals surface area (Å²) in [6, 6.07) is 7.03. The van der Waals surface area contributed by atoms with Crippen LogP contribution in [0.4, 0.5) is 0 Å². The summed E-state index contributed by atoms with van der Waals surface area (Å²) in [6.07, 6.45) is 4.20. The quantitative estimate of drug-likeness (QED) is 0.459. The Kier molecular flexibility index (Phi) is 6.12. The van der Waals surface area contributed by atoms with E-state index < -0.39 is 0 Å². The third-order valence-corrected chi connectivity index (χ3v) is 6.73. The molecule has 8 nitrogen and oxygen atoms in total. The summed E-state index contributed by atoms with van der Waals surface area (Å²) in [5.74, 6) is -0.581. The predicted octanol–water partition coefficient (Wildman–Crippen LogP) is 2.81. The van der Waals surface area contributed by atoms with Crippen LogP contribution in [0.5, 0.6) is 0 Å². The van der Waals surface area contributed by atoms with Gasteiger partial charge >= 0.3 is 0 Å². The van der Waals surface area contributed by atoms with E-state index in [4.69, 9.17) is 11.6 Å². The highest BCUT2D eigenvalue weighted by Gasteiger charge is 2.20. The molecule has 0 aliphatic heterocycles. The summed E-state index contributed by atoms with van der Waals surface area (Å²) in [4.78, 5) is 25.8. The van der Waals surface area contributed by atoms with Crippen LogP contribution >= 0.6 is 34.7 Å². The molecule has 0 bridgehead atoms. The van der Waals surface area contributed by atoms with Crippen LogP contribution < -0.4 is 10.9 Å². The van der Waals surface area contributed by atoms with Gasteiger partial charge in [-0.15, -0.1) is 16.4 Å². The van der Waals surface area contributed by atoms with Crippen molar-refractivity contribution in [1.29, 1.82) is 0 Å². The van der Waals surface area contributed by atoms with E-state index in [0.717, 1.165) is 36.9 Å². The molecule has 0 spiro atoms. The van der Waals surface area contributed by atoms with E-state index in [2.05, 4.69) is 26.4 Å². The van der Waals surface area contributed by atoms with Gasteiger partial charge in [-0.2, -0.15) is 4.68 Å². The number of benzene rings is 1. The van der Waals surface area contributed by atoms with Crippen molar-refractivity contribution in [2.24, 2.45) is 0 Å². The van der Waals surface area contributed by atoms with Crippen LogP contribution in [0.3, 0.4) is 0 Å². The first-order valence-electron chi connectivity index (χ1n) is 8.97. The summed E-state index contributed by atoms with van der Waals surface area (Å²) in [5, 5.41) is 14.5. The average Bonchev–Trinajstić information content (AvgIpc) is 3.38. The van der Waals surface area contributed by atoms with Crippen LogP contribution in [0.15, 0.2) is 34.8 Å². The Balaban J connectivity index is 1.31. The minimum absolute atomic E-state index is 0.0516. The molecule has 4 rings (SSSR count). The average molecular weight is 449 g/mol. The van der Waals surface area contributed by atoms with Crippen molar-refractivity contribution in [3.05, 3.63) is 50.7 Å². The maximum Gasteiger partial charge on any atom is 0.270 e. The fourth-order valence-corrected chi connectivity index (χ4v) is 5.00. The Hall–Kier alpha value is -2.43. The van der Waals surface area contributed by atoms with Gasteiger partial charge in [0.1, 0.15) is 0 Å². The fourth-order valence-electron chi connectivity index (χ4n) is 3.06. The van der Waals surface area contributed by atoms with E-state index in [9.17, 15) is 9.59 Å². The van der Waals surface area contributed by atoms with Crippen LogP contribution in [0.1, 0.15) is 33.6 Å². The number of rotatable bonds is 5. The van der Waals surface area contributed by atoms with E-state index >= 15 is 0 Å². The molecule has 0 fully saturated rings. The zero-order valence-corrected chi connectivity index (χ0v) is 17.6. The van der Waals surface area contributed by atoms with Gasteiger partial charge in [0, 0.05) is 15.3 Å². The molecule has 150 valence electrons. The summed E-state index contributed by atoms with van der Waals surface area (Å²) in [7, 11) is 0. The van der Waals surface area contributed by atoms with Gasteiger partial charge in [0.15, 0.2) is 0 Å². The third-order valence-electron chi connectivity index (χ3n) is 4.47. The first-order valence-corrected chi connectivity index (χ1v) is 11.2. The second-order valence-electron chi connectivity index (χ2n) is 6.40. The van der Waals surface area contributed by atoms with E-state index in [1.54, 1.807) is 35.6 Å². The first-order chi connectivity index (χ1) is 14.1. The van der Waals surface area contributed by atoms with E-state index in [1.165, 1.54) is 21.3 Å². The number of hydrogen-bond donors (Lipinski definition) is 2. The number of thioether (sulfide) groups is 1. The van der Waals surface area contributed by atoms with Crippen LogP contribution in [0, 0.1) is 0 Å². The summed E-state index contributed by atoms with van der Waals surface area (Å²) in [5.41, 5.74) is 7.46. The predicted molar refractivity (Wildman–Crippen MR) is 111 cm³/mol. The van der Waals surface area contributed by atoms with Crippen LogP contribution in [-0.4, -0.2) is 37.8 Å². The van der Waals surface area contributed by atoms with Gasteiger partial charge in [-0.3, -0.25) is 20.4 Å². The molecule has 0 unspecified atom stereocenters. The minimum Gasteiger partial charge on any atom is -0.272 e. The van der Waals surface area contributed by atoms with Gasteiger partial charge in [0.05, 0.1) is 17.0 Å². The zero-order chi connectivity index (χ0) is 20.2. The van der Waals surface area contributed by atoms with Crippen molar-refractivity contribution in [2.75, 3.05) is 5.75 Å². The Bertz CT molecular complexity index is 1030. The monoisotopic (exact) mass is 448 g/mol. The number of aromatic nitrogens is 4. The fraction of sp³-hybridized carbons (Fsp3) is 0.278. The second-order valence-corrected chi connectivity index (χ2v) is 8.74. The Morgan fingerprint density at radius 2 is 1.97 bits per heavy atom. The van der Waals surface area contributed by atoms with Crippen molar-refractivity contribution in [2.45, 2.75) is 30.8 Å². The second kappa shape index (κ2) is 8.93. The number of carbonyl (C=O) groups excluding carboxylic acids is 2. The molecule has 1 aromatic carbocycles. The van der Waals surface area contributed by atoms with Crippen molar-refractivity contribution in [1.82, 2.24) is 31.1 Å². The normalized spacial score (nSPS) is 13.0. The standard InChI is InChI=1S/C18H17ClN6O2S2/c19-11-5-7-12(8-6-11)25-18(22-23-24-25)29-10-16(26)20-21-17(27)14-9-28-15-4-2-1-3-13(14)15/h5-9H,1-4,10H2,(H,20,26)(H,21,27). The Morgan fingerprint density at radius 3 is 2.79 bits per heavy atom. The van der Waals surface area contributed by atoms with Crippen molar-refractivity contribution >= 4 is 46.5 Å². The highest BCUT2D eigenvalue weighted by molar-refractivity contribution is 7.99. The molecule has 2 amide bonds. The SMILES string of the molecule is O=C(CSc1nnnn1-c1ccc(Cl)cc1)NNC(=O)c1csc2c1CCCC2. The molecular weight excluding hydrogens is 432 g/mol. The molecule has 0 saturated heterocycles. The molecule has 2 aromatic heterocycles. The van der Waals surface area contributed by atoms with Crippen molar-refractivity contribution in [3.63, 3.8) is 0 Å². The lowest BCUT2D eigenvalue weighted by Gasteiger charge is -2.13. The number of fused-ring (bicyclic) bond motifs is 1. The Labute approximate surface area is 180 Å². The maximum absolute atomic E-state index is 12.4. The van der Waals surface area contributed by atoms with E-state index in [1.807, 2.05) is 5.38 Å². The number of halogens is 1. The zero-order valence-electron chi connectivity index (χ0n) is 15.2.